The number of rotatable bonds is 5. The molecule has 0 bridgehead atoms. The Morgan fingerprint density at radius 1 is 1.00 bits per heavy atom. The summed E-state index contributed by atoms with van der Waals surface area (Å²) in [5.74, 6) is 0.990. The second-order valence-electron chi connectivity index (χ2n) is 9.73. The molecule has 0 saturated carbocycles. The number of fused-ring (bicyclic) bond motifs is 1. The van der Waals surface area contributed by atoms with Crippen molar-refractivity contribution in [3.05, 3.63) is 85.0 Å². The summed E-state index contributed by atoms with van der Waals surface area (Å²) in [7, 11) is 1.96. The van der Waals surface area contributed by atoms with Crippen LogP contribution in [-0.2, 0) is 11.8 Å². The highest BCUT2D eigenvalue weighted by molar-refractivity contribution is 6.09. The van der Waals surface area contributed by atoms with Crippen LogP contribution in [0.5, 0.6) is 11.8 Å². The van der Waals surface area contributed by atoms with E-state index in [-0.39, 0.29) is 11.9 Å². The zero-order chi connectivity index (χ0) is 27.3. The Bertz CT molecular complexity index is 1740. The van der Waals surface area contributed by atoms with Gasteiger partial charge in [0.2, 0.25) is 0 Å². The predicted molar refractivity (Wildman–Crippen MR) is 151 cm³/mol. The summed E-state index contributed by atoms with van der Waals surface area (Å²) < 4.78 is 7.87. The van der Waals surface area contributed by atoms with Crippen LogP contribution in [0, 0.1) is 6.92 Å². The third-order valence-electron chi connectivity index (χ3n) is 7.04. The van der Waals surface area contributed by atoms with Gasteiger partial charge in [-0.2, -0.15) is 0 Å². The number of nitrogens with zero attached hydrogens (tertiary/aromatic N) is 6. The van der Waals surface area contributed by atoms with Crippen molar-refractivity contribution in [2.45, 2.75) is 26.3 Å². The molecule has 0 aliphatic carbocycles. The van der Waals surface area contributed by atoms with Gasteiger partial charge in [0, 0.05) is 41.8 Å². The van der Waals surface area contributed by atoms with Crippen molar-refractivity contribution in [1.29, 1.82) is 0 Å². The van der Waals surface area contributed by atoms with Gasteiger partial charge in [-0.05, 0) is 61.7 Å². The summed E-state index contributed by atoms with van der Waals surface area (Å²) in [6, 6.07) is 17.9. The van der Waals surface area contributed by atoms with E-state index in [4.69, 9.17) is 10.5 Å². The number of aryl methyl sites for hydroxylation is 2. The lowest BCUT2D eigenvalue weighted by Gasteiger charge is -2.21. The molecule has 39 heavy (non-hydrogen) atoms. The summed E-state index contributed by atoms with van der Waals surface area (Å²) in [6.45, 7) is 7.84. The van der Waals surface area contributed by atoms with Gasteiger partial charge in [-0.15, -0.1) is 0 Å². The van der Waals surface area contributed by atoms with Crippen molar-refractivity contribution in [2.75, 3.05) is 10.6 Å². The Morgan fingerprint density at radius 2 is 1.72 bits per heavy atom. The van der Waals surface area contributed by atoms with Gasteiger partial charge >= 0.3 is 6.01 Å². The first-order valence-electron chi connectivity index (χ1n) is 12.6. The van der Waals surface area contributed by atoms with Crippen molar-refractivity contribution in [3.63, 3.8) is 0 Å². The molecule has 0 spiro atoms. The summed E-state index contributed by atoms with van der Waals surface area (Å²) in [5.41, 5.74) is 13.2. The Morgan fingerprint density at radius 3 is 2.38 bits per heavy atom. The van der Waals surface area contributed by atoms with Gasteiger partial charge in [-0.1, -0.05) is 30.8 Å². The third-order valence-corrected chi connectivity index (χ3v) is 7.04. The number of nitrogens with two attached hydrogens (primary N) is 1. The largest absolute Gasteiger partial charge is 0.424 e. The Hall–Kier alpha value is -5.05. The van der Waals surface area contributed by atoms with Crippen molar-refractivity contribution >= 4 is 28.4 Å². The van der Waals surface area contributed by atoms with Crippen LogP contribution in [0.4, 0.5) is 11.5 Å². The number of hydrogen-bond donors (Lipinski definition) is 1. The van der Waals surface area contributed by atoms with Gasteiger partial charge in [-0.3, -0.25) is 4.79 Å². The average molecular weight is 518 g/mol. The molecule has 9 nitrogen and oxygen atoms in total. The average Bonchev–Trinajstić information content (AvgIpc) is 3.37. The van der Waals surface area contributed by atoms with E-state index in [0.717, 1.165) is 44.8 Å². The number of nitrogen functional groups attached to an aromatic ring is 1. The van der Waals surface area contributed by atoms with Gasteiger partial charge in [0.25, 0.3) is 5.91 Å². The number of hydrogen-bond acceptors (Lipinski definition) is 7. The van der Waals surface area contributed by atoms with Crippen LogP contribution in [-0.4, -0.2) is 36.5 Å². The van der Waals surface area contributed by atoms with Crippen molar-refractivity contribution < 1.29 is 9.53 Å². The molecule has 9 heteroatoms. The number of carbonyl (C=O) groups is 1. The molecule has 5 aromatic rings. The molecular weight excluding hydrogens is 490 g/mol. The van der Waals surface area contributed by atoms with E-state index in [9.17, 15) is 4.79 Å². The van der Waals surface area contributed by atoms with Gasteiger partial charge in [0.15, 0.2) is 0 Å². The molecule has 0 radical (unpaired) electrons. The van der Waals surface area contributed by atoms with Gasteiger partial charge in [-0.25, -0.2) is 19.9 Å². The first-order valence-corrected chi connectivity index (χ1v) is 12.6. The van der Waals surface area contributed by atoms with E-state index in [2.05, 4.69) is 26.5 Å². The second-order valence-corrected chi connectivity index (χ2v) is 9.73. The molecule has 2 N–H and O–H groups in total. The van der Waals surface area contributed by atoms with Crippen LogP contribution in [0.2, 0.25) is 0 Å². The highest BCUT2D eigenvalue weighted by Gasteiger charge is 2.32. The van der Waals surface area contributed by atoms with E-state index < -0.39 is 0 Å². The molecule has 1 amide bonds. The Labute approximate surface area is 225 Å². The summed E-state index contributed by atoms with van der Waals surface area (Å²) in [6.07, 6.45) is 3.81. The lowest BCUT2D eigenvalue weighted by atomic mass is 9.98. The topological polar surface area (TPSA) is 112 Å². The van der Waals surface area contributed by atoms with Crippen LogP contribution in [0.3, 0.4) is 0 Å². The minimum absolute atomic E-state index is 0.0260. The maximum Gasteiger partial charge on any atom is 0.322 e. The zero-order valence-electron chi connectivity index (χ0n) is 21.9. The molecular formula is C30H27N7O2. The number of aromatic nitrogens is 5. The van der Waals surface area contributed by atoms with Crippen molar-refractivity contribution in [3.8, 4) is 34.1 Å². The first-order chi connectivity index (χ1) is 18.8. The molecule has 1 aliphatic rings. The lowest BCUT2D eigenvalue weighted by molar-refractivity contribution is -0.114. The fraction of sp³-hybridized carbons (Fsp3) is 0.167. The SMILES string of the molecule is C=C1C[C@H](C)N(c2ccc(-c3c(-c4ccc(Oc5nccc(C)n5)cc4)c4c(N)ncnc4n3C)cc2)C1=O. The highest BCUT2D eigenvalue weighted by atomic mass is 16.5. The maximum atomic E-state index is 12.7. The van der Waals surface area contributed by atoms with E-state index in [0.29, 0.717) is 29.6 Å². The minimum Gasteiger partial charge on any atom is -0.424 e. The molecule has 1 atom stereocenters. The smallest absolute Gasteiger partial charge is 0.322 e. The number of anilines is 2. The quantitative estimate of drug-likeness (QED) is 0.308. The molecule has 194 valence electrons. The summed E-state index contributed by atoms with van der Waals surface area (Å²) >= 11 is 0. The normalized spacial score (nSPS) is 15.4. The van der Waals surface area contributed by atoms with E-state index in [1.807, 2.05) is 80.1 Å². The van der Waals surface area contributed by atoms with Crippen LogP contribution < -0.4 is 15.4 Å². The molecule has 2 aromatic carbocycles. The van der Waals surface area contributed by atoms with Gasteiger partial charge in [0.05, 0.1) is 11.1 Å². The zero-order valence-corrected chi connectivity index (χ0v) is 21.9. The molecule has 1 fully saturated rings. The molecule has 0 unspecified atom stereocenters. The number of carbonyl (C=O) groups excluding carboxylic acids is 1. The second kappa shape index (κ2) is 9.36. The van der Waals surface area contributed by atoms with E-state index in [1.165, 1.54) is 6.33 Å². The van der Waals surface area contributed by atoms with Gasteiger partial charge < -0.3 is 19.9 Å². The van der Waals surface area contributed by atoms with Crippen LogP contribution >= 0.6 is 0 Å². The summed E-state index contributed by atoms with van der Waals surface area (Å²) in [5, 5.41) is 0.773. The van der Waals surface area contributed by atoms with Crippen LogP contribution in [0.1, 0.15) is 19.0 Å². The molecule has 6 rings (SSSR count). The standard InChI is InChI=1S/C30H27N7O2/c1-17-15-19(3)37(29(17)38)22-9-5-21(6-10-22)26-24(25-27(31)33-16-34-28(25)36(26)4)20-7-11-23(12-8-20)39-30-32-14-13-18(2)35-30/h5-14,16,19H,1,15H2,2-4H3,(H2,31,33,34)/t19-/m0/s1. The summed E-state index contributed by atoms with van der Waals surface area (Å²) in [4.78, 5) is 31.7. The number of amides is 1. The van der Waals surface area contributed by atoms with Crippen LogP contribution in [0.25, 0.3) is 33.4 Å². The monoisotopic (exact) mass is 517 g/mol. The Balaban J connectivity index is 1.43. The molecule has 1 aliphatic heterocycles. The van der Waals surface area contributed by atoms with Crippen LogP contribution in [0.15, 0.2) is 79.3 Å². The fourth-order valence-corrected chi connectivity index (χ4v) is 5.22. The highest BCUT2D eigenvalue weighted by Crippen LogP contribution is 2.42. The van der Waals surface area contributed by atoms with Gasteiger partial charge in [0.1, 0.15) is 23.5 Å². The predicted octanol–water partition coefficient (Wildman–Crippen LogP) is 5.46. The van der Waals surface area contributed by atoms with E-state index in [1.54, 1.807) is 11.1 Å². The van der Waals surface area contributed by atoms with Crippen molar-refractivity contribution in [1.82, 2.24) is 24.5 Å². The molecule has 3 aromatic heterocycles. The minimum atomic E-state index is -0.0260. The third kappa shape index (κ3) is 4.17. The number of ether oxygens (including phenoxy) is 1. The molecule has 1 saturated heterocycles. The number of benzene rings is 2. The molecule has 4 heterocycles. The lowest BCUT2D eigenvalue weighted by Crippen LogP contribution is -2.30. The fourth-order valence-electron chi connectivity index (χ4n) is 5.22. The Kier molecular flexibility index (Phi) is 5.83. The maximum absolute atomic E-state index is 12.7. The van der Waals surface area contributed by atoms with E-state index >= 15 is 0 Å². The first kappa shape index (κ1) is 24.3. The van der Waals surface area contributed by atoms with Crippen molar-refractivity contribution in [2.24, 2.45) is 7.05 Å².